The minimum Gasteiger partial charge on any atom is -0.194 e. The fraction of sp³-hybridized carbons (Fsp3) is 1.00. The van der Waals surface area contributed by atoms with Gasteiger partial charge in [0.1, 0.15) is 13.2 Å². The van der Waals surface area contributed by atoms with Crippen LogP contribution in [0.15, 0.2) is 0 Å². The number of hydrogen-bond acceptors (Lipinski definition) is 3. The molecule has 0 aromatic heterocycles. The molecule has 0 saturated heterocycles. The van der Waals surface area contributed by atoms with Gasteiger partial charge in [0.15, 0.2) is 0 Å². The van der Waals surface area contributed by atoms with E-state index in [0.717, 1.165) is 0 Å². The lowest BCUT2D eigenvalue weighted by molar-refractivity contribution is 0.121. The third-order valence-electron chi connectivity index (χ3n) is 1.26. The molecule has 0 unspecified atom stereocenters. The molecule has 0 heterocycles. The van der Waals surface area contributed by atoms with Gasteiger partial charge in [0.05, 0.1) is 0 Å². The van der Waals surface area contributed by atoms with Crippen molar-refractivity contribution in [3.8, 4) is 0 Å². The van der Waals surface area contributed by atoms with E-state index in [1.54, 1.807) is 0 Å². The van der Waals surface area contributed by atoms with Crippen LogP contribution >= 0.6 is 8.60 Å². The Balaban J connectivity index is 3.62. The summed E-state index contributed by atoms with van der Waals surface area (Å²) in [5, 5.41) is 0. The van der Waals surface area contributed by atoms with Crippen molar-refractivity contribution in [3.63, 3.8) is 0 Å². The van der Waals surface area contributed by atoms with E-state index in [9.17, 15) is 4.89 Å². The largest absolute Gasteiger partial charge is 0.395 e. The smallest absolute Gasteiger partial charge is 0.194 e. The lowest BCUT2D eigenvalue weighted by atomic mass is 9.99. The highest BCUT2D eigenvalue weighted by Gasteiger charge is 2.23. The lowest BCUT2D eigenvalue weighted by Gasteiger charge is -2.18. The summed E-state index contributed by atoms with van der Waals surface area (Å²) in [4.78, 5) is 9.43. The van der Waals surface area contributed by atoms with Gasteiger partial charge in [-0.05, 0) is 10.8 Å². The fourth-order valence-electron chi connectivity index (χ4n) is 0.598. The predicted octanol–water partition coefficient (Wildman–Crippen LogP) is 3.06. The van der Waals surface area contributed by atoms with Crippen LogP contribution in [0.25, 0.3) is 0 Å². The highest BCUT2D eigenvalue weighted by Crippen LogP contribution is 2.36. The van der Waals surface area contributed by atoms with Crippen LogP contribution in [0.1, 0.15) is 41.5 Å². The molecule has 86 valence electrons. The van der Waals surface area contributed by atoms with Crippen molar-refractivity contribution in [2.24, 2.45) is 10.8 Å². The second kappa shape index (κ2) is 5.41. The zero-order valence-electron chi connectivity index (χ0n) is 10.2. The molecule has 0 aromatic carbocycles. The lowest BCUT2D eigenvalue weighted by Crippen LogP contribution is -2.16. The summed E-state index contributed by atoms with van der Waals surface area (Å²) in [5.74, 6) is 0. The van der Waals surface area contributed by atoms with E-state index >= 15 is 0 Å². The van der Waals surface area contributed by atoms with E-state index in [1.807, 2.05) is 0 Å². The molecule has 0 atom stereocenters. The molecule has 0 aliphatic carbocycles. The van der Waals surface area contributed by atoms with Gasteiger partial charge in [-0.15, -0.1) is 0 Å². The summed E-state index contributed by atoms with van der Waals surface area (Å²) in [6.07, 6.45) is 0. The highest BCUT2D eigenvalue weighted by molar-refractivity contribution is 7.40. The van der Waals surface area contributed by atoms with Crippen LogP contribution in [0.3, 0.4) is 0 Å². The second-order valence-corrected chi connectivity index (χ2v) is 7.07. The minimum atomic E-state index is -2.06. The van der Waals surface area contributed by atoms with E-state index in [2.05, 4.69) is 41.5 Å². The second-order valence-electron chi connectivity index (χ2n) is 5.96. The van der Waals surface area contributed by atoms with Gasteiger partial charge in [-0.25, -0.2) is 0 Å². The molecule has 0 fully saturated rings. The maximum absolute atomic E-state index is 9.43. The van der Waals surface area contributed by atoms with Crippen molar-refractivity contribution in [3.05, 3.63) is 0 Å². The zero-order valence-corrected chi connectivity index (χ0v) is 11.2. The van der Waals surface area contributed by atoms with Gasteiger partial charge >= 0.3 is 8.60 Å². The molecule has 0 bridgehead atoms. The first-order valence-corrected chi connectivity index (χ1v) is 6.18. The third-order valence-corrected chi connectivity index (χ3v) is 2.04. The quantitative estimate of drug-likeness (QED) is 0.744. The summed E-state index contributed by atoms with van der Waals surface area (Å²) in [6.45, 7) is 13.4. The summed E-state index contributed by atoms with van der Waals surface area (Å²) in [5.41, 5.74) is 0.146. The Bertz CT molecular complexity index is 140. The molecule has 0 amide bonds. The molecule has 0 aliphatic heterocycles. The highest BCUT2D eigenvalue weighted by atomic mass is 31.2. The Morgan fingerprint density at radius 2 is 1.14 bits per heavy atom. The first kappa shape index (κ1) is 14.3. The van der Waals surface area contributed by atoms with Crippen molar-refractivity contribution in [2.45, 2.75) is 41.5 Å². The molecule has 3 nitrogen and oxygen atoms in total. The molecular formula is C10H24O3P+. The molecule has 0 radical (unpaired) electrons. The van der Waals surface area contributed by atoms with E-state index in [4.69, 9.17) is 9.05 Å². The van der Waals surface area contributed by atoms with Gasteiger partial charge in [0.25, 0.3) is 0 Å². The van der Waals surface area contributed by atoms with Crippen LogP contribution < -0.4 is 0 Å². The Morgan fingerprint density at radius 3 is 1.36 bits per heavy atom. The molecule has 1 N–H and O–H groups in total. The maximum atomic E-state index is 9.43. The topological polar surface area (TPSA) is 38.7 Å². The Morgan fingerprint density at radius 1 is 0.857 bits per heavy atom. The van der Waals surface area contributed by atoms with E-state index in [-0.39, 0.29) is 10.8 Å². The average molecular weight is 223 g/mol. The third kappa shape index (κ3) is 10.4. The Labute approximate surface area is 88.8 Å². The normalized spacial score (nSPS) is 13.7. The molecule has 14 heavy (non-hydrogen) atoms. The van der Waals surface area contributed by atoms with Crippen molar-refractivity contribution < 1.29 is 13.9 Å². The summed E-state index contributed by atoms with van der Waals surface area (Å²) in [7, 11) is -2.06. The monoisotopic (exact) mass is 223 g/mol. The van der Waals surface area contributed by atoms with E-state index < -0.39 is 8.60 Å². The number of hydrogen-bond donors (Lipinski definition) is 1. The molecule has 0 saturated carbocycles. The first-order valence-electron chi connectivity index (χ1n) is 4.92. The van der Waals surface area contributed by atoms with Crippen LogP contribution in [0, 0.1) is 10.8 Å². The van der Waals surface area contributed by atoms with Gasteiger partial charge in [-0.1, -0.05) is 41.5 Å². The van der Waals surface area contributed by atoms with Crippen molar-refractivity contribution in [1.82, 2.24) is 0 Å². The fourth-order valence-corrected chi connectivity index (χ4v) is 1.79. The van der Waals surface area contributed by atoms with Gasteiger partial charge in [0, 0.05) is 0 Å². The van der Waals surface area contributed by atoms with Crippen LogP contribution in [0.4, 0.5) is 0 Å². The Hall–Kier alpha value is 0.310. The van der Waals surface area contributed by atoms with Gasteiger partial charge in [-0.3, -0.25) is 0 Å². The zero-order chi connectivity index (χ0) is 11.4. The SMILES string of the molecule is CC(C)(C)CO[PH+](O)OCC(C)(C)C. The van der Waals surface area contributed by atoms with Crippen LogP contribution in [0.5, 0.6) is 0 Å². The minimum absolute atomic E-state index is 0.0732. The molecule has 0 aromatic rings. The Kier molecular flexibility index (Phi) is 5.53. The van der Waals surface area contributed by atoms with Crippen molar-refractivity contribution >= 4 is 8.60 Å². The van der Waals surface area contributed by atoms with E-state index in [0.29, 0.717) is 13.2 Å². The van der Waals surface area contributed by atoms with Crippen molar-refractivity contribution in [2.75, 3.05) is 13.2 Å². The van der Waals surface area contributed by atoms with Gasteiger partial charge in [0.2, 0.25) is 0 Å². The number of rotatable bonds is 4. The van der Waals surface area contributed by atoms with Gasteiger partial charge in [-0.2, -0.15) is 13.9 Å². The molecule has 0 spiro atoms. The maximum Gasteiger partial charge on any atom is 0.395 e. The van der Waals surface area contributed by atoms with Crippen molar-refractivity contribution in [1.29, 1.82) is 0 Å². The molecule has 4 heteroatoms. The molecule has 0 aliphatic rings. The summed E-state index contributed by atoms with van der Waals surface area (Å²) in [6, 6.07) is 0. The van der Waals surface area contributed by atoms with Gasteiger partial charge < -0.3 is 0 Å². The van der Waals surface area contributed by atoms with Crippen LogP contribution in [-0.4, -0.2) is 18.1 Å². The first-order chi connectivity index (χ1) is 6.10. The van der Waals surface area contributed by atoms with E-state index in [1.165, 1.54) is 0 Å². The average Bonchev–Trinajstić information content (AvgIpc) is 1.94. The summed E-state index contributed by atoms with van der Waals surface area (Å²) >= 11 is 0. The van der Waals surface area contributed by atoms with Crippen LogP contribution in [-0.2, 0) is 9.05 Å². The predicted molar refractivity (Wildman–Crippen MR) is 61.3 cm³/mol. The van der Waals surface area contributed by atoms with Crippen LogP contribution in [0.2, 0.25) is 0 Å². The molecular weight excluding hydrogens is 199 g/mol. The summed E-state index contributed by atoms with van der Waals surface area (Å²) < 4.78 is 10.5. The molecule has 0 rings (SSSR count). The standard InChI is InChI=1S/C10H24O3P/c1-9(2,3)7-12-14(11)13-8-10(4,5)6/h11,14H,7-8H2,1-6H3/q+1.